The smallest absolute Gasteiger partial charge is 0.139 e. The molecule has 2 rings (SSSR count). The van der Waals surface area contributed by atoms with E-state index in [9.17, 15) is 5.11 Å². The molecule has 0 saturated carbocycles. The van der Waals surface area contributed by atoms with Gasteiger partial charge in [-0.15, -0.1) is 0 Å². The summed E-state index contributed by atoms with van der Waals surface area (Å²) in [7, 11) is 2.08. The lowest BCUT2D eigenvalue weighted by molar-refractivity contribution is 0.305. The van der Waals surface area contributed by atoms with E-state index >= 15 is 0 Å². The number of rotatable bonds is 2. The Morgan fingerprint density at radius 2 is 2.11 bits per heavy atom. The van der Waals surface area contributed by atoms with Crippen molar-refractivity contribution in [1.82, 2.24) is 4.90 Å². The van der Waals surface area contributed by atoms with Crippen molar-refractivity contribution in [2.75, 3.05) is 20.1 Å². The molecule has 100 valence electrons. The van der Waals surface area contributed by atoms with Crippen LogP contribution in [-0.2, 0) is 0 Å². The van der Waals surface area contributed by atoms with Crippen LogP contribution >= 0.6 is 11.6 Å². The summed E-state index contributed by atoms with van der Waals surface area (Å²) >= 11 is 6.16. The first-order valence-corrected chi connectivity index (χ1v) is 6.72. The second-order valence-corrected chi connectivity index (χ2v) is 5.76. The molecule has 18 heavy (non-hydrogen) atoms. The molecule has 0 amide bonds. The van der Waals surface area contributed by atoms with Crippen LogP contribution < -0.4 is 5.73 Å². The highest BCUT2D eigenvalue weighted by Gasteiger charge is 2.33. The van der Waals surface area contributed by atoms with Gasteiger partial charge in [0, 0.05) is 18.2 Å². The Morgan fingerprint density at radius 3 is 2.67 bits per heavy atom. The van der Waals surface area contributed by atoms with Crippen molar-refractivity contribution in [2.45, 2.75) is 26.3 Å². The van der Waals surface area contributed by atoms with Crippen molar-refractivity contribution in [3.63, 3.8) is 0 Å². The van der Waals surface area contributed by atoms with Crippen LogP contribution in [0.1, 0.15) is 29.2 Å². The summed E-state index contributed by atoms with van der Waals surface area (Å²) in [4.78, 5) is 2.26. The van der Waals surface area contributed by atoms with Crippen molar-refractivity contribution < 1.29 is 5.11 Å². The zero-order valence-corrected chi connectivity index (χ0v) is 12.0. The number of hydrogen-bond donors (Lipinski definition) is 2. The van der Waals surface area contributed by atoms with E-state index in [1.807, 2.05) is 19.9 Å². The molecule has 0 aliphatic carbocycles. The van der Waals surface area contributed by atoms with Gasteiger partial charge in [-0.2, -0.15) is 0 Å². The third kappa shape index (κ3) is 2.22. The van der Waals surface area contributed by atoms with Gasteiger partial charge in [-0.25, -0.2) is 0 Å². The normalized spacial score (nSPS) is 24.7. The maximum Gasteiger partial charge on any atom is 0.139 e. The van der Waals surface area contributed by atoms with Crippen molar-refractivity contribution in [3.05, 3.63) is 27.8 Å². The van der Waals surface area contributed by atoms with Gasteiger partial charge in [0.15, 0.2) is 0 Å². The van der Waals surface area contributed by atoms with Crippen molar-refractivity contribution in [1.29, 1.82) is 0 Å². The number of nitrogens with zero attached hydrogens (tertiary/aromatic N) is 1. The number of aryl methyl sites for hydroxylation is 2. The molecule has 3 N–H and O–H groups in total. The van der Waals surface area contributed by atoms with Gasteiger partial charge in [-0.05, 0) is 50.9 Å². The lowest BCUT2D eigenvalue weighted by Gasteiger charge is -2.23. The monoisotopic (exact) mass is 268 g/mol. The molecule has 2 atom stereocenters. The maximum absolute atomic E-state index is 10.3. The predicted molar refractivity (Wildman–Crippen MR) is 75.1 cm³/mol. The summed E-state index contributed by atoms with van der Waals surface area (Å²) in [6, 6.07) is 2.26. The average Bonchev–Trinajstić information content (AvgIpc) is 2.68. The summed E-state index contributed by atoms with van der Waals surface area (Å²) in [6.07, 6.45) is 0.987. The fourth-order valence-corrected chi connectivity index (χ4v) is 3.15. The molecule has 1 aliphatic heterocycles. The van der Waals surface area contributed by atoms with Crippen LogP contribution in [0.4, 0.5) is 0 Å². The standard InChI is InChI=1S/C14H21ClN2O/c1-8-4-9(2)13(15)14(18)12(8)11-5-10(6-16)7-17(11)3/h4,10-11,18H,5-7,16H2,1-3H3. The molecule has 1 aliphatic rings. The van der Waals surface area contributed by atoms with Gasteiger partial charge in [0.1, 0.15) is 5.75 Å². The quantitative estimate of drug-likeness (QED) is 0.867. The molecule has 1 fully saturated rings. The largest absolute Gasteiger partial charge is 0.506 e. The molecule has 1 heterocycles. The second kappa shape index (κ2) is 5.08. The Balaban J connectivity index is 2.43. The van der Waals surface area contributed by atoms with Gasteiger partial charge >= 0.3 is 0 Å². The summed E-state index contributed by atoms with van der Waals surface area (Å²) in [5, 5.41) is 10.8. The first-order chi connectivity index (χ1) is 8.45. The minimum Gasteiger partial charge on any atom is -0.506 e. The molecule has 1 aromatic carbocycles. The zero-order chi connectivity index (χ0) is 13.4. The molecule has 0 aromatic heterocycles. The molecule has 1 aromatic rings. The number of likely N-dealkylation sites (tertiary alicyclic amines) is 1. The fourth-order valence-electron chi connectivity index (χ4n) is 2.99. The van der Waals surface area contributed by atoms with E-state index in [4.69, 9.17) is 17.3 Å². The van der Waals surface area contributed by atoms with Crippen molar-refractivity contribution >= 4 is 11.6 Å². The van der Waals surface area contributed by atoms with E-state index in [1.165, 1.54) is 0 Å². The molecule has 2 unspecified atom stereocenters. The first-order valence-electron chi connectivity index (χ1n) is 6.34. The summed E-state index contributed by atoms with van der Waals surface area (Å²) < 4.78 is 0. The number of halogens is 1. The Bertz CT molecular complexity index is 462. The highest BCUT2D eigenvalue weighted by molar-refractivity contribution is 6.32. The zero-order valence-electron chi connectivity index (χ0n) is 11.2. The van der Waals surface area contributed by atoms with E-state index in [-0.39, 0.29) is 11.8 Å². The van der Waals surface area contributed by atoms with Crippen LogP contribution in [0, 0.1) is 19.8 Å². The molecular weight excluding hydrogens is 248 g/mol. The van der Waals surface area contributed by atoms with Crippen LogP contribution in [0.15, 0.2) is 6.07 Å². The topological polar surface area (TPSA) is 49.5 Å². The van der Waals surface area contributed by atoms with Crippen LogP contribution in [0.3, 0.4) is 0 Å². The lowest BCUT2D eigenvalue weighted by atomic mass is 9.94. The molecule has 4 heteroatoms. The van der Waals surface area contributed by atoms with Crippen molar-refractivity contribution in [3.8, 4) is 5.75 Å². The minimum atomic E-state index is 0.219. The van der Waals surface area contributed by atoms with Gasteiger partial charge in [-0.1, -0.05) is 17.7 Å². The van der Waals surface area contributed by atoms with Gasteiger partial charge < -0.3 is 10.8 Å². The van der Waals surface area contributed by atoms with Crippen LogP contribution in [0.2, 0.25) is 5.02 Å². The van der Waals surface area contributed by atoms with Crippen LogP contribution in [0.5, 0.6) is 5.75 Å². The van der Waals surface area contributed by atoms with E-state index in [0.29, 0.717) is 17.5 Å². The summed E-state index contributed by atoms with van der Waals surface area (Å²) in [5.41, 5.74) is 8.74. The molecule has 0 spiro atoms. The van der Waals surface area contributed by atoms with E-state index in [2.05, 4.69) is 11.9 Å². The molecule has 1 saturated heterocycles. The van der Waals surface area contributed by atoms with Gasteiger partial charge in [-0.3, -0.25) is 4.90 Å². The predicted octanol–water partition coefficient (Wildman–Crippen LogP) is 2.61. The molecule has 3 nitrogen and oxygen atoms in total. The Morgan fingerprint density at radius 1 is 1.44 bits per heavy atom. The van der Waals surface area contributed by atoms with Gasteiger partial charge in [0.05, 0.1) is 5.02 Å². The SMILES string of the molecule is Cc1cc(C)c(C2CC(CN)CN2C)c(O)c1Cl. The highest BCUT2D eigenvalue weighted by atomic mass is 35.5. The molecule has 0 radical (unpaired) electrons. The Hall–Kier alpha value is -0.770. The van der Waals surface area contributed by atoms with E-state index < -0.39 is 0 Å². The number of phenolic OH excluding ortho intramolecular Hbond substituents is 1. The van der Waals surface area contributed by atoms with Crippen LogP contribution in [-0.4, -0.2) is 30.1 Å². The van der Waals surface area contributed by atoms with E-state index in [0.717, 1.165) is 29.7 Å². The molecular formula is C14H21ClN2O. The third-order valence-corrected chi connectivity index (χ3v) is 4.45. The average molecular weight is 269 g/mol. The molecule has 0 bridgehead atoms. The third-order valence-electron chi connectivity index (χ3n) is 3.97. The summed E-state index contributed by atoms with van der Waals surface area (Å²) in [6.45, 7) is 5.62. The number of nitrogens with two attached hydrogens (primary N) is 1. The number of hydrogen-bond acceptors (Lipinski definition) is 3. The Kier molecular flexibility index (Phi) is 3.85. The number of phenols is 1. The Labute approximate surface area is 114 Å². The fraction of sp³-hybridized carbons (Fsp3) is 0.571. The van der Waals surface area contributed by atoms with Crippen molar-refractivity contribution in [2.24, 2.45) is 11.7 Å². The van der Waals surface area contributed by atoms with Gasteiger partial charge in [0.2, 0.25) is 0 Å². The first kappa shape index (κ1) is 13.7. The van der Waals surface area contributed by atoms with E-state index in [1.54, 1.807) is 0 Å². The van der Waals surface area contributed by atoms with Crippen LogP contribution in [0.25, 0.3) is 0 Å². The van der Waals surface area contributed by atoms with Gasteiger partial charge in [0.25, 0.3) is 0 Å². The minimum absolute atomic E-state index is 0.219. The maximum atomic E-state index is 10.3. The highest BCUT2D eigenvalue weighted by Crippen LogP contribution is 2.43. The summed E-state index contributed by atoms with van der Waals surface area (Å²) in [5.74, 6) is 0.738. The number of benzene rings is 1. The number of aromatic hydroxyl groups is 1. The second-order valence-electron chi connectivity index (χ2n) is 5.38. The lowest BCUT2D eigenvalue weighted by Crippen LogP contribution is -2.21.